The molecule has 0 saturated heterocycles. The summed E-state index contributed by atoms with van der Waals surface area (Å²) in [6.45, 7) is 0. The Balaban J connectivity index is 1.59. The second kappa shape index (κ2) is 7.66. The van der Waals surface area contributed by atoms with Crippen LogP contribution in [0.3, 0.4) is 0 Å². The van der Waals surface area contributed by atoms with Gasteiger partial charge >= 0.3 is 0 Å². The number of rotatable bonds is 5. The van der Waals surface area contributed by atoms with E-state index in [-0.39, 0.29) is 5.91 Å². The maximum absolute atomic E-state index is 12.7. The first kappa shape index (κ1) is 17.9. The van der Waals surface area contributed by atoms with Crippen LogP contribution in [0.5, 0.6) is 11.5 Å². The summed E-state index contributed by atoms with van der Waals surface area (Å²) in [4.78, 5) is 12.7. The molecule has 0 radical (unpaired) electrons. The number of hydrogen-bond acceptors (Lipinski definition) is 6. The minimum atomic E-state index is -0.216. The molecule has 3 aromatic carbocycles. The zero-order valence-corrected chi connectivity index (χ0v) is 16.1. The summed E-state index contributed by atoms with van der Waals surface area (Å²) in [6, 6.07) is 18.9. The van der Waals surface area contributed by atoms with E-state index in [1.54, 1.807) is 20.3 Å². The molecule has 1 heterocycles. The number of anilines is 1. The number of nitrogens with zero attached hydrogens (tertiary/aromatic N) is 2. The van der Waals surface area contributed by atoms with E-state index in [0.717, 1.165) is 16.3 Å². The highest BCUT2D eigenvalue weighted by molar-refractivity contribution is 7.18. The molecular weight excluding hydrogens is 374 g/mol. The number of methoxy groups -OCH3 is 2. The standard InChI is InChI=1S/C21H17N3O3S/c1-26-17-11-10-14(12-18(17)27-2)20-23-24-21(28-20)22-19(25)16-9-5-7-13-6-3-4-8-15(13)16/h3-12H,1-2H3,(H,22,24,25). The van der Waals surface area contributed by atoms with Crippen molar-refractivity contribution < 1.29 is 14.3 Å². The fraction of sp³-hybridized carbons (Fsp3) is 0.0952. The highest BCUT2D eigenvalue weighted by atomic mass is 32.1. The van der Waals surface area contributed by atoms with E-state index in [1.807, 2.05) is 54.6 Å². The van der Waals surface area contributed by atoms with Gasteiger partial charge in [-0.05, 0) is 35.0 Å². The third kappa shape index (κ3) is 3.39. The SMILES string of the molecule is COc1ccc(-c2nnc(NC(=O)c3cccc4ccccc34)s2)cc1OC. The lowest BCUT2D eigenvalue weighted by Gasteiger charge is -2.07. The van der Waals surface area contributed by atoms with Crippen molar-refractivity contribution in [3.05, 3.63) is 66.2 Å². The second-order valence-electron chi connectivity index (χ2n) is 5.96. The van der Waals surface area contributed by atoms with Gasteiger partial charge in [-0.2, -0.15) is 0 Å². The molecule has 4 rings (SSSR count). The average molecular weight is 391 g/mol. The summed E-state index contributed by atoms with van der Waals surface area (Å²) in [6.07, 6.45) is 0. The van der Waals surface area contributed by atoms with Gasteiger partial charge < -0.3 is 9.47 Å². The Morgan fingerprint density at radius 1 is 0.929 bits per heavy atom. The normalized spacial score (nSPS) is 10.6. The fourth-order valence-corrected chi connectivity index (χ4v) is 3.68. The van der Waals surface area contributed by atoms with Crippen LogP contribution >= 0.6 is 11.3 Å². The van der Waals surface area contributed by atoms with Crippen molar-refractivity contribution in [3.63, 3.8) is 0 Å². The number of aromatic nitrogens is 2. The average Bonchev–Trinajstić information content (AvgIpc) is 3.21. The maximum Gasteiger partial charge on any atom is 0.258 e. The van der Waals surface area contributed by atoms with Gasteiger partial charge in [0.25, 0.3) is 5.91 Å². The Hall–Kier alpha value is -3.45. The molecule has 0 aliphatic carbocycles. The molecule has 0 fully saturated rings. The van der Waals surface area contributed by atoms with Crippen molar-refractivity contribution in [2.24, 2.45) is 0 Å². The molecule has 0 bridgehead atoms. The molecule has 28 heavy (non-hydrogen) atoms. The second-order valence-corrected chi connectivity index (χ2v) is 6.94. The Morgan fingerprint density at radius 3 is 2.54 bits per heavy atom. The largest absolute Gasteiger partial charge is 0.493 e. The molecule has 0 spiro atoms. The van der Waals surface area contributed by atoms with Gasteiger partial charge in [0.2, 0.25) is 5.13 Å². The van der Waals surface area contributed by atoms with Crippen LogP contribution in [0.4, 0.5) is 5.13 Å². The Labute approximate surface area is 165 Å². The minimum absolute atomic E-state index is 0.216. The van der Waals surface area contributed by atoms with Crippen LogP contribution in [-0.2, 0) is 0 Å². The first-order valence-corrected chi connectivity index (χ1v) is 9.36. The van der Waals surface area contributed by atoms with Crippen LogP contribution in [0.2, 0.25) is 0 Å². The molecule has 0 aliphatic heterocycles. The Morgan fingerprint density at radius 2 is 1.71 bits per heavy atom. The number of carbonyl (C=O) groups is 1. The van der Waals surface area contributed by atoms with E-state index in [4.69, 9.17) is 9.47 Å². The lowest BCUT2D eigenvalue weighted by atomic mass is 10.0. The quantitative estimate of drug-likeness (QED) is 0.537. The molecule has 1 amide bonds. The van der Waals surface area contributed by atoms with Gasteiger partial charge in [0.15, 0.2) is 11.5 Å². The van der Waals surface area contributed by atoms with Gasteiger partial charge in [0.1, 0.15) is 5.01 Å². The van der Waals surface area contributed by atoms with E-state index in [1.165, 1.54) is 11.3 Å². The van der Waals surface area contributed by atoms with E-state index in [0.29, 0.717) is 27.2 Å². The first-order valence-electron chi connectivity index (χ1n) is 8.54. The topological polar surface area (TPSA) is 73.3 Å². The van der Waals surface area contributed by atoms with Crippen LogP contribution in [0.25, 0.3) is 21.3 Å². The van der Waals surface area contributed by atoms with Crippen molar-refractivity contribution in [2.75, 3.05) is 19.5 Å². The Bertz CT molecular complexity index is 1150. The summed E-state index contributed by atoms with van der Waals surface area (Å²) in [7, 11) is 3.17. The number of carbonyl (C=O) groups excluding carboxylic acids is 1. The van der Waals surface area contributed by atoms with Gasteiger partial charge in [-0.15, -0.1) is 10.2 Å². The van der Waals surface area contributed by atoms with Crippen molar-refractivity contribution in [3.8, 4) is 22.1 Å². The summed E-state index contributed by atoms with van der Waals surface area (Å²) < 4.78 is 10.6. The lowest BCUT2D eigenvalue weighted by Crippen LogP contribution is -2.12. The van der Waals surface area contributed by atoms with Crippen LogP contribution in [0.1, 0.15) is 10.4 Å². The number of nitrogens with one attached hydrogen (secondary N) is 1. The number of amides is 1. The molecule has 0 unspecified atom stereocenters. The molecule has 1 N–H and O–H groups in total. The predicted octanol–water partition coefficient (Wildman–Crippen LogP) is 4.63. The van der Waals surface area contributed by atoms with Gasteiger partial charge in [0, 0.05) is 11.1 Å². The highest BCUT2D eigenvalue weighted by Crippen LogP contribution is 2.34. The highest BCUT2D eigenvalue weighted by Gasteiger charge is 2.14. The van der Waals surface area contributed by atoms with Crippen LogP contribution in [0, 0.1) is 0 Å². The number of benzene rings is 3. The van der Waals surface area contributed by atoms with Crippen LogP contribution in [0.15, 0.2) is 60.7 Å². The molecular formula is C21H17N3O3S. The monoisotopic (exact) mass is 391 g/mol. The maximum atomic E-state index is 12.7. The van der Waals surface area contributed by atoms with Crippen molar-refractivity contribution in [1.29, 1.82) is 0 Å². The van der Waals surface area contributed by atoms with Gasteiger partial charge in [0.05, 0.1) is 14.2 Å². The summed E-state index contributed by atoms with van der Waals surface area (Å²) in [5.41, 5.74) is 1.43. The van der Waals surface area contributed by atoms with E-state index >= 15 is 0 Å². The Kier molecular flexibility index (Phi) is 4.90. The van der Waals surface area contributed by atoms with Crippen LogP contribution in [-0.4, -0.2) is 30.3 Å². The number of ether oxygens (including phenoxy) is 2. The van der Waals surface area contributed by atoms with Crippen LogP contribution < -0.4 is 14.8 Å². The van der Waals surface area contributed by atoms with Gasteiger partial charge in [-0.3, -0.25) is 10.1 Å². The molecule has 1 aromatic heterocycles. The lowest BCUT2D eigenvalue weighted by molar-refractivity contribution is 0.102. The molecule has 0 atom stereocenters. The molecule has 0 aliphatic rings. The minimum Gasteiger partial charge on any atom is -0.493 e. The molecule has 0 saturated carbocycles. The van der Waals surface area contributed by atoms with E-state index in [9.17, 15) is 4.79 Å². The zero-order valence-electron chi connectivity index (χ0n) is 15.3. The number of hydrogen-bond donors (Lipinski definition) is 1. The smallest absolute Gasteiger partial charge is 0.258 e. The third-order valence-electron chi connectivity index (χ3n) is 4.31. The fourth-order valence-electron chi connectivity index (χ4n) is 2.95. The molecule has 7 heteroatoms. The van der Waals surface area contributed by atoms with Crippen molar-refractivity contribution in [2.45, 2.75) is 0 Å². The predicted molar refractivity (Wildman–Crippen MR) is 110 cm³/mol. The summed E-state index contributed by atoms with van der Waals surface area (Å²) >= 11 is 1.30. The van der Waals surface area contributed by atoms with Gasteiger partial charge in [-0.25, -0.2) is 0 Å². The summed E-state index contributed by atoms with van der Waals surface area (Å²) in [5, 5.41) is 14.1. The van der Waals surface area contributed by atoms with E-state index in [2.05, 4.69) is 15.5 Å². The van der Waals surface area contributed by atoms with E-state index < -0.39 is 0 Å². The van der Waals surface area contributed by atoms with Crippen molar-refractivity contribution >= 4 is 33.1 Å². The third-order valence-corrected chi connectivity index (χ3v) is 5.20. The molecule has 6 nitrogen and oxygen atoms in total. The zero-order chi connectivity index (χ0) is 19.5. The summed E-state index contributed by atoms with van der Waals surface area (Å²) in [5.74, 6) is 1.03. The van der Waals surface area contributed by atoms with Gasteiger partial charge in [-0.1, -0.05) is 47.7 Å². The first-order chi connectivity index (χ1) is 13.7. The molecule has 140 valence electrons. The number of fused-ring (bicyclic) bond motifs is 1. The molecule has 4 aromatic rings. The van der Waals surface area contributed by atoms with Crippen molar-refractivity contribution in [1.82, 2.24) is 10.2 Å².